The SMILES string of the molecule is CCCCCCCCCCCCN=C[C@]12CC[C@H](O[C@H]3C[C@H](O)[C@H](O)[C@@H](C)O3)C[C@@]1(O)CC[C@@H]1[C@@H]2CC[C@]2(C)[C@@H](C3=CC(=O)OC3)CC[C@]12O. The van der Waals surface area contributed by atoms with E-state index in [-0.39, 0.29) is 41.7 Å². The van der Waals surface area contributed by atoms with Gasteiger partial charge in [0.2, 0.25) is 0 Å². The summed E-state index contributed by atoms with van der Waals surface area (Å²) in [6.07, 6.45) is 20.0. The molecule has 2 heterocycles. The van der Waals surface area contributed by atoms with E-state index in [1.54, 1.807) is 13.0 Å². The second kappa shape index (κ2) is 15.9. The molecule has 6 rings (SSSR count). The predicted octanol–water partition coefficient (Wildman–Crippen LogP) is 6.57. The lowest BCUT2D eigenvalue weighted by molar-refractivity contribution is -0.282. The maximum absolute atomic E-state index is 12.8. The van der Waals surface area contributed by atoms with Gasteiger partial charge in [0, 0.05) is 42.5 Å². The van der Waals surface area contributed by atoms with Crippen molar-refractivity contribution in [3.63, 3.8) is 0 Å². The number of fused-ring (bicyclic) bond motifs is 5. The standard InChI is InChI=1S/C41H67NO8/c1-4-5-6-7-8-9-10-11-12-13-22-42-27-39-19-14-30(50-36-24-34(43)37(45)28(2)49-36)25-40(39,46)20-16-33-32(39)15-18-38(3)31(17-21-41(33,38)47)29-23-35(44)48-26-29/h23,27-28,30-34,36-37,43,45-47H,4-22,24-26H2,1-3H3/t28-,30+,31-,32+,33-,34+,36+,37-,38-,39+,40+,41+/m1/s1. The fourth-order valence-electron chi connectivity index (χ4n) is 11.7. The molecule has 0 amide bonds. The Morgan fingerprint density at radius 3 is 2.30 bits per heavy atom. The monoisotopic (exact) mass is 701 g/mol. The van der Waals surface area contributed by atoms with Crippen molar-refractivity contribution < 1.29 is 39.4 Å². The number of hydrogen-bond acceptors (Lipinski definition) is 9. The summed E-state index contributed by atoms with van der Waals surface area (Å²) in [5.74, 6) is -0.0252. The van der Waals surface area contributed by atoms with E-state index in [4.69, 9.17) is 19.2 Å². The van der Waals surface area contributed by atoms with Crippen LogP contribution in [0, 0.1) is 28.6 Å². The zero-order chi connectivity index (χ0) is 35.6. The van der Waals surface area contributed by atoms with E-state index < -0.39 is 41.2 Å². The third-order valence-electron chi connectivity index (χ3n) is 14.6. The van der Waals surface area contributed by atoms with Gasteiger partial charge in [-0.05, 0) is 88.0 Å². The highest BCUT2D eigenvalue weighted by Gasteiger charge is 2.71. The molecule has 9 nitrogen and oxygen atoms in total. The molecule has 4 saturated carbocycles. The van der Waals surface area contributed by atoms with Gasteiger partial charge < -0.3 is 34.6 Å². The predicted molar refractivity (Wildman–Crippen MR) is 193 cm³/mol. The fourth-order valence-corrected chi connectivity index (χ4v) is 11.7. The van der Waals surface area contributed by atoms with E-state index in [9.17, 15) is 25.2 Å². The van der Waals surface area contributed by atoms with Crippen molar-refractivity contribution >= 4 is 12.2 Å². The fraction of sp³-hybridized carbons (Fsp3) is 0.902. The molecule has 284 valence electrons. The van der Waals surface area contributed by atoms with Crippen LogP contribution in [0.2, 0.25) is 0 Å². The molecule has 6 aliphatic rings. The molecule has 0 radical (unpaired) electrons. The van der Waals surface area contributed by atoms with Gasteiger partial charge in [-0.2, -0.15) is 0 Å². The molecular weight excluding hydrogens is 634 g/mol. The molecule has 4 N–H and O–H groups in total. The Morgan fingerprint density at radius 1 is 0.920 bits per heavy atom. The average molecular weight is 702 g/mol. The summed E-state index contributed by atoms with van der Waals surface area (Å²) in [4.78, 5) is 17.1. The van der Waals surface area contributed by atoms with Crippen molar-refractivity contribution in [1.29, 1.82) is 0 Å². The number of carbonyl (C=O) groups excluding carboxylic acids is 1. The number of unbranched alkanes of at least 4 members (excludes halogenated alkanes) is 9. The number of aliphatic imine (C=N–C) groups is 1. The molecule has 0 bridgehead atoms. The summed E-state index contributed by atoms with van der Waals surface area (Å²) in [5, 5.41) is 46.2. The first-order chi connectivity index (χ1) is 24.0. The molecule has 50 heavy (non-hydrogen) atoms. The zero-order valence-corrected chi connectivity index (χ0v) is 31.2. The first-order valence-electron chi connectivity index (χ1n) is 20.5. The topological polar surface area (TPSA) is 138 Å². The van der Waals surface area contributed by atoms with Crippen LogP contribution < -0.4 is 0 Å². The third-order valence-corrected chi connectivity index (χ3v) is 14.6. The van der Waals surface area contributed by atoms with E-state index in [1.165, 1.54) is 57.8 Å². The van der Waals surface area contributed by atoms with E-state index in [2.05, 4.69) is 20.1 Å². The van der Waals surface area contributed by atoms with Crippen LogP contribution >= 0.6 is 0 Å². The zero-order valence-electron chi connectivity index (χ0n) is 31.2. The number of aliphatic hydroxyl groups is 4. The number of carbonyl (C=O) groups is 1. The van der Waals surface area contributed by atoms with E-state index in [1.807, 2.05) is 0 Å². The minimum absolute atomic E-state index is 0.0329. The summed E-state index contributed by atoms with van der Waals surface area (Å²) in [6, 6.07) is 0. The first kappa shape index (κ1) is 38.4. The Morgan fingerprint density at radius 2 is 1.62 bits per heavy atom. The number of hydrogen-bond donors (Lipinski definition) is 4. The second-order valence-corrected chi connectivity index (χ2v) is 17.4. The van der Waals surface area contributed by atoms with Crippen molar-refractivity contribution in [3.8, 4) is 0 Å². The van der Waals surface area contributed by atoms with E-state index in [0.717, 1.165) is 50.6 Å². The lowest BCUT2D eigenvalue weighted by Crippen LogP contribution is -2.69. The first-order valence-corrected chi connectivity index (χ1v) is 20.5. The second-order valence-electron chi connectivity index (χ2n) is 17.4. The molecule has 5 fully saturated rings. The Bertz CT molecular complexity index is 1210. The molecule has 12 atom stereocenters. The van der Waals surface area contributed by atoms with Crippen LogP contribution in [0.15, 0.2) is 16.6 Å². The Labute approximate surface area is 300 Å². The van der Waals surface area contributed by atoms with Crippen LogP contribution in [-0.4, -0.2) is 87.7 Å². The van der Waals surface area contributed by atoms with E-state index >= 15 is 0 Å². The van der Waals surface area contributed by atoms with Crippen molar-refractivity contribution in [1.82, 2.24) is 0 Å². The van der Waals surface area contributed by atoms with Gasteiger partial charge in [-0.25, -0.2) is 4.79 Å². The number of rotatable bonds is 15. The van der Waals surface area contributed by atoms with Crippen molar-refractivity contribution in [2.45, 2.75) is 191 Å². The number of aliphatic hydroxyl groups excluding tert-OH is 2. The van der Waals surface area contributed by atoms with Gasteiger partial charge in [0.1, 0.15) is 12.7 Å². The highest BCUT2D eigenvalue weighted by Crippen LogP contribution is 2.70. The number of nitrogens with zero attached hydrogens (tertiary/aromatic N) is 1. The van der Waals surface area contributed by atoms with Crippen LogP contribution in [0.3, 0.4) is 0 Å². The molecule has 0 spiro atoms. The molecule has 2 aliphatic heterocycles. The summed E-state index contributed by atoms with van der Waals surface area (Å²) < 4.78 is 17.7. The quantitative estimate of drug-likeness (QED) is 0.0651. The van der Waals surface area contributed by atoms with Crippen molar-refractivity contribution in [2.75, 3.05) is 13.2 Å². The number of ether oxygens (including phenoxy) is 3. The smallest absolute Gasteiger partial charge is 0.331 e. The maximum Gasteiger partial charge on any atom is 0.331 e. The molecular formula is C41H67NO8. The van der Waals surface area contributed by atoms with Gasteiger partial charge in [0.05, 0.1) is 29.5 Å². The third kappa shape index (κ3) is 7.26. The van der Waals surface area contributed by atoms with Crippen LogP contribution in [0.4, 0.5) is 0 Å². The minimum Gasteiger partial charge on any atom is -0.458 e. The van der Waals surface area contributed by atoms with Gasteiger partial charge in [-0.15, -0.1) is 0 Å². The van der Waals surface area contributed by atoms with Crippen LogP contribution in [-0.2, 0) is 19.0 Å². The molecule has 0 unspecified atom stereocenters. The molecule has 0 aromatic heterocycles. The average Bonchev–Trinajstić information content (AvgIpc) is 3.63. The Balaban J connectivity index is 1.15. The molecule has 4 aliphatic carbocycles. The minimum atomic E-state index is -1.03. The number of cyclic esters (lactones) is 1. The molecule has 0 aromatic carbocycles. The van der Waals surface area contributed by atoms with Gasteiger partial charge in [-0.1, -0.05) is 71.6 Å². The lowest BCUT2D eigenvalue weighted by atomic mass is 9.41. The number of esters is 1. The van der Waals surface area contributed by atoms with Gasteiger partial charge in [-0.3, -0.25) is 4.99 Å². The highest BCUT2D eigenvalue weighted by molar-refractivity contribution is 5.85. The Hall–Kier alpha value is -1.36. The summed E-state index contributed by atoms with van der Waals surface area (Å²) >= 11 is 0. The van der Waals surface area contributed by atoms with Gasteiger partial charge in [0.25, 0.3) is 0 Å². The largest absolute Gasteiger partial charge is 0.458 e. The van der Waals surface area contributed by atoms with Crippen molar-refractivity contribution in [3.05, 3.63) is 11.6 Å². The normalized spacial score (nSPS) is 44.5. The Kier molecular flexibility index (Phi) is 12.2. The van der Waals surface area contributed by atoms with Gasteiger partial charge >= 0.3 is 5.97 Å². The molecule has 0 aromatic rings. The summed E-state index contributed by atoms with van der Waals surface area (Å²) in [6.45, 7) is 7.33. The van der Waals surface area contributed by atoms with Crippen LogP contribution in [0.5, 0.6) is 0 Å². The lowest BCUT2D eigenvalue weighted by Gasteiger charge is -2.66. The molecule has 9 heteroatoms. The van der Waals surface area contributed by atoms with Crippen LogP contribution in [0.25, 0.3) is 0 Å². The maximum atomic E-state index is 12.8. The van der Waals surface area contributed by atoms with Gasteiger partial charge in [0.15, 0.2) is 6.29 Å². The van der Waals surface area contributed by atoms with Crippen molar-refractivity contribution in [2.24, 2.45) is 33.6 Å². The van der Waals surface area contributed by atoms with E-state index in [0.29, 0.717) is 32.3 Å². The highest BCUT2D eigenvalue weighted by atomic mass is 16.7. The molecule has 1 saturated heterocycles. The van der Waals surface area contributed by atoms with Crippen LogP contribution in [0.1, 0.15) is 149 Å². The summed E-state index contributed by atoms with van der Waals surface area (Å²) in [7, 11) is 0. The summed E-state index contributed by atoms with van der Waals surface area (Å²) in [5.41, 5.74) is -1.80.